The van der Waals surface area contributed by atoms with E-state index in [0.717, 1.165) is 30.6 Å². The van der Waals surface area contributed by atoms with Crippen LogP contribution in [-0.2, 0) is 5.60 Å². The van der Waals surface area contributed by atoms with E-state index in [-0.39, 0.29) is 11.5 Å². The molecule has 2 rings (SSSR count). The van der Waals surface area contributed by atoms with E-state index in [1.54, 1.807) is 12.4 Å². The third kappa shape index (κ3) is 2.76. The van der Waals surface area contributed by atoms with E-state index in [9.17, 15) is 5.11 Å². The minimum atomic E-state index is -0.797. The van der Waals surface area contributed by atoms with Gasteiger partial charge >= 0.3 is 0 Å². The maximum Gasteiger partial charge on any atom is 0.138 e. The molecule has 106 valence electrons. The van der Waals surface area contributed by atoms with E-state index < -0.39 is 5.60 Å². The van der Waals surface area contributed by atoms with Crippen molar-refractivity contribution in [2.24, 2.45) is 5.41 Å². The van der Waals surface area contributed by atoms with Crippen LogP contribution in [0, 0.1) is 5.41 Å². The summed E-state index contributed by atoms with van der Waals surface area (Å²) in [7, 11) is 0. The monoisotopic (exact) mass is 263 g/mol. The van der Waals surface area contributed by atoms with Gasteiger partial charge in [-0.15, -0.1) is 0 Å². The van der Waals surface area contributed by atoms with Gasteiger partial charge in [-0.2, -0.15) is 0 Å². The Morgan fingerprint density at radius 3 is 2.53 bits per heavy atom. The predicted octanol–water partition coefficient (Wildman–Crippen LogP) is 3.66. The third-order valence-electron chi connectivity index (χ3n) is 4.27. The maximum absolute atomic E-state index is 11.1. The van der Waals surface area contributed by atoms with E-state index in [4.69, 9.17) is 4.74 Å². The number of rotatable bonds is 3. The number of aliphatic hydroxyl groups is 1. The highest BCUT2D eigenvalue weighted by Crippen LogP contribution is 2.50. The summed E-state index contributed by atoms with van der Waals surface area (Å²) in [6.07, 6.45) is 7.69. The average molecular weight is 263 g/mol. The molecule has 0 amide bonds. The van der Waals surface area contributed by atoms with Gasteiger partial charge in [0.1, 0.15) is 5.75 Å². The Bertz CT molecular complexity index is 442. The normalized spacial score (nSPS) is 26.4. The fourth-order valence-electron chi connectivity index (χ4n) is 3.01. The van der Waals surface area contributed by atoms with Crippen molar-refractivity contribution in [2.75, 3.05) is 0 Å². The first-order chi connectivity index (χ1) is 8.85. The van der Waals surface area contributed by atoms with Gasteiger partial charge in [0.25, 0.3) is 0 Å². The van der Waals surface area contributed by atoms with Crippen molar-refractivity contribution in [3.8, 4) is 5.75 Å². The first-order valence-electron chi connectivity index (χ1n) is 7.20. The summed E-state index contributed by atoms with van der Waals surface area (Å²) in [6, 6.07) is 1.94. The van der Waals surface area contributed by atoms with Crippen LogP contribution in [0.1, 0.15) is 58.9 Å². The van der Waals surface area contributed by atoms with Crippen molar-refractivity contribution in [1.82, 2.24) is 4.98 Å². The van der Waals surface area contributed by atoms with Gasteiger partial charge in [0.05, 0.1) is 17.9 Å². The molecule has 1 aromatic rings. The number of nitrogens with zero attached hydrogens (tertiary/aromatic N) is 1. The average Bonchev–Trinajstić information content (AvgIpc) is 2.32. The van der Waals surface area contributed by atoms with Crippen LogP contribution in [0.4, 0.5) is 0 Å². The molecule has 0 saturated heterocycles. The summed E-state index contributed by atoms with van der Waals surface area (Å²) < 4.78 is 5.69. The SMILES string of the molecule is CC(C)Oc1cncc(C2(O)CCCCC2(C)C)c1. The van der Waals surface area contributed by atoms with Gasteiger partial charge < -0.3 is 9.84 Å². The van der Waals surface area contributed by atoms with Crippen molar-refractivity contribution in [2.45, 2.75) is 65.1 Å². The highest BCUT2D eigenvalue weighted by molar-refractivity contribution is 5.30. The molecular formula is C16H25NO2. The van der Waals surface area contributed by atoms with Crippen molar-refractivity contribution in [3.63, 3.8) is 0 Å². The second-order valence-corrected chi connectivity index (χ2v) is 6.53. The largest absolute Gasteiger partial charge is 0.489 e. The first-order valence-corrected chi connectivity index (χ1v) is 7.20. The zero-order valence-electron chi connectivity index (χ0n) is 12.4. The summed E-state index contributed by atoms with van der Waals surface area (Å²) in [4.78, 5) is 4.24. The van der Waals surface area contributed by atoms with E-state index in [1.165, 1.54) is 6.42 Å². The van der Waals surface area contributed by atoms with Crippen molar-refractivity contribution in [1.29, 1.82) is 0 Å². The topological polar surface area (TPSA) is 42.4 Å². The molecule has 1 aliphatic carbocycles. The van der Waals surface area contributed by atoms with Gasteiger partial charge in [0.15, 0.2) is 0 Å². The second kappa shape index (κ2) is 5.12. The van der Waals surface area contributed by atoms with Crippen LogP contribution in [-0.4, -0.2) is 16.2 Å². The zero-order chi connectivity index (χ0) is 14.1. The Morgan fingerprint density at radius 1 is 1.21 bits per heavy atom. The summed E-state index contributed by atoms with van der Waals surface area (Å²) >= 11 is 0. The van der Waals surface area contributed by atoms with E-state index in [0.29, 0.717) is 0 Å². The number of hydrogen-bond donors (Lipinski definition) is 1. The predicted molar refractivity (Wildman–Crippen MR) is 76.1 cm³/mol. The third-order valence-corrected chi connectivity index (χ3v) is 4.27. The molecule has 1 N–H and O–H groups in total. The molecule has 1 aromatic heterocycles. The molecule has 19 heavy (non-hydrogen) atoms. The molecule has 1 unspecified atom stereocenters. The van der Waals surface area contributed by atoms with Crippen molar-refractivity contribution >= 4 is 0 Å². The Morgan fingerprint density at radius 2 is 1.89 bits per heavy atom. The Balaban J connectivity index is 2.34. The number of pyridine rings is 1. The quantitative estimate of drug-likeness (QED) is 0.905. The van der Waals surface area contributed by atoms with E-state index >= 15 is 0 Å². The minimum absolute atomic E-state index is 0.117. The van der Waals surface area contributed by atoms with Crippen LogP contribution < -0.4 is 4.74 Å². The molecule has 3 nitrogen and oxygen atoms in total. The number of ether oxygens (including phenoxy) is 1. The van der Waals surface area contributed by atoms with Gasteiger partial charge in [-0.1, -0.05) is 26.7 Å². The van der Waals surface area contributed by atoms with E-state index in [1.807, 2.05) is 19.9 Å². The molecule has 1 atom stereocenters. The van der Waals surface area contributed by atoms with Gasteiger partial charge in [-0.25, -0.2) is 0 Å². The smallest absolute Gasteiger partial charge is 0.138 e. The van der Waals surface area contributed by atoms with E-state index in [2.05, 4.69) is 18.8 Å². The molecule has 0 bridgehead atoms. The van der Waals surface area contributed by atoms with Crippen molar-refractivity contribution < 1.29 is 9.84 Å². The molecule has 0 aliphatic heterocycles. The number of hydrogen-bond acceptors (Lipinski definition) is 3. The molecule has 1 heterocycles. The Hall–Kier alpha value is -1.09. The molecule has 0 spiro atoms. The lowest BCUT2D eigenvalue weighted by Crippen LogP contribution is -2.44. The van der Waals surface area contributed by atoms with Crippen molar-refractivity contribution in [3.05, 3.63) is 24.0 Å². The molecule has 1 fully saturated rings. The van der Waals surface area contributed by atoms with Gasteiger partial charge in [-0.05, 0) is 38.2 Å². The molecule has 1 aliphatic rings. The van der Waals surface area contributed by atoms with Crippen LogP contribution >= 0.6 is 0 Å². The molecule has 3 heteroatoms. The first kappa shape index (κ1) is 14.3. The van der Waals surface area contributed by atoms with Gasteiger partial charge in [-0.3, -0.25) is 4.98 Å². The van der Waals surface area contributed by atoms with Crippen LogP contribution in [0.2, 0.25) is 0 Å². The summed E-state index contributed by atoms with van der Waals surface area (Å²) in [5.41, 5.74) is -0.0341. The Kier molecular flexibility index (Phi) is 3.86. The summed E-state index contributed by atoms with van der Waals surface area (Å²) in [5.74, 6) is 0.738. The fourth-order valence-corrected chi connectivity index (χ4v) is 3.01. The highest BCUT2D eigenvalue weighted by Gasteiger charge is 2.46. The molecule has 1 saturated carbocycles. The van der Waals surface area contributed by atoms with Gasteiger partial charge in [0, 0.05) is 11.8 Å². The van der Waals surface area contributed by atoms with Crippen LogP contribution in [0.25, 0.3) is 0 Å². The summed E-state index contributed by atoms with van der Waals surface area (Å²) in [6.45, 7) is 8.27. The second-order valence-electron chi connectivity index (χ2n) is 6.53. The zero-order valence-corrected chi connectivity index (χ0v) is 12.4. The highest BCUT2D eigenvalue weighted by atomic mass is 16.5. The number of aromatic nitrogens is 1. The molecule has 0 aromatic carbocycles. The lowest BCUT2D eigenvalue weighted by Gasteiger charge is -2.46. The van der Waals surface area contributed by atoms with Gasteiger partial charge in [0.2, 0.25) is 0 Å². The fraction of sp³-hybridized carbons (Fsp3) is 0.688. The maximum atomic E-state index is 11.1. The van der Waals surface area contributed by atoms with Crippen LogP contribution in [0.3, 0.4) is 0 Å². The van der Waals surface area contributed by atoms with Crippen LogP contribution in [0.5, 0.6) is 5.75 Å². The Labute approximate surface area is 116 Å². The lowest BCUT2D eigenvalue weighted by atomic mass is 9.63. The minimum Gasteiger partial charge on any atom is -0.489 e. The lowest BCUT2D eigenvalue weighted by molar-refractivity contribution is -0.104. The molecule has 0 radical (unpaired) electrons. The summed E-state index contributed by atoms with van der Waals surface area (Å²) in [5, 5.41) is 11.1. The molecular weight excluding hydrogens is 238 g/mol. The van der Waals surface area contributed by atoms with Crippen LogP contribution in [0.15, 0.2) is 18.5 Å². The standard InChI is InChI=1S/C16H25NO2/c1-12(2)19-14-9-13(10-17-11-14)16(18)8-6-5-7-15(16,3)4/h9-12,18H,5-8H2,1-4H3.